The van der Waals surface area contributed by atoms with E-state index >= 15 is 0 Å². The van der Waals surface area contributed by atoms with Crippen LogP contribution in [0.4, 0.5) is 5.95 Å². The Morgan fingerprint density at radius 1 is 1.56 bits per heavy atom. The summed E-state index contributed by atoms with van der Waals surface area (Å²) in [6.07, 6.45) is 5.97. The average molecular weight is 243 g/mol. The number of thioether (sulfide) groups is 1. The topological polar surface area (TPSA) is 39.1 Å². The van der Waals surface area contributed by atoms with E-state index in [4.69, 9.17) is 4.74 Å². The molecule has 0 bridgehead atoms. The summed E-state index contributed by atoms with van der Waals surface area (Å²) in [4.78, 5) is 4.29. The Labute approximate surface area is 102 Å². The molecule has 0 saturated heterocycles. The molecule has 0 aliphatic heterocycles. The molecule has 0 spiro atoms. The molecule has 0 radical (unpaired) electrons. The van der Waals surface area contributed by atoms with Gasteiger partial charge in [0.15, 0.2) is 0 Å². The van der Waals surface area contributed by atoms with Gasteiger partial charge in [0.2, 0.25) is 5.95 Å². The highest BCUT2D eigenvalue weighted by Gasteiger charge is 2.18. The maximum Gasteiger partial charge on any atom is 0.202 e. The fourth-order valence-corrected chi connectivity index (χ4v) is 1.61. The Kier molecular flexibility index (Phi) is 5.15. The number of methoxy groups -OCH3 is 1. The zero-order valence-corrected chi connectivity index (χ0v) is 11.3. The molecule has 92 valence electrons. The number of nitrogens with one attached hydrogen (secondary N) is 1. The highest BCUT2D eigenvalue weighted by atomic mass is 32.2. The molecular formula is C11H21N3OS. The molecule has 0 aromatic carbocycles. The van der Waals surface area contributed by atoms with Gasteiger partial charge in [-0.15, -0.1) is 0 Å². The van der Waals surface area contributed by atoms with Crippen molar-refractivity contribution in [1.29, 1.82) is 0 Å². The smallest absolute Gasteiger partial charge is 0.202 e. The number of aromatic nitrogens is 2. The van der Waals surface area contributed by atoms with Crippen LogP contribution in [-0.2, 0) is 11.3 Å². The van der Waals surface area contributed by atoms with Crippen molar-refractivity contribution in [2.45, 2.75) is 25.1 Å². The minimum Gasteiger partial charge on any atom is -0.383 e. The zero-order chi connectivity index (χ0) is 12.0. The first-order valence-electron chi connectivity index (χ1n) is 5.38. The SMILES string of the molecule is COCCNc1nccn1CC(C)(C)SC. The predicted molar refractivity (Wildman–Crippen MR) is 70.2 cm³/mol. The number of ether oxygens (including phenoxy) is 1. The third kappa shape index (κ3) is 4.06. The summed E-state index contributed by atoms with van der Waals surface area (Å²) >= 11 is 1.86. The van der Waals surface area contributed by atoms with Crippen LogP contribution in [-0.4, -0.2) is 40.8 Å². The third-order valence-electron chi connectivity index (χ3n) is 2.41. The number of nitrogens with zero attached hydrogens (tertiary/aromatic N) is 2. The van der Waals surface area contributed by atoms with E-state index in [0.29, 0.717) is 6.61 Å². The second-order valence-corrected chi connectivity index (χ2v) is 5.78. The van der Waals surface area contributed by atoms with E-state index in [-0.39, 0.29) is 4.75 Å². The van der Waals surface area contributed by atoms with Crippen LogP contribution in [0.1, 0.15) is 13.8 Å². The van der Waals surface area contributed by atoms with Crippen LogP contribution in [0.3, 0.4) is 0 Å². The summed E-state index contributed by atoms with van der Waals surface area (Å²) in [6, 6.07) is 0. The lowest BCUT2D eigenvalue weighted by Gasteiger charge is -2.23. The van der Waals surface area contributed by atoms with E-state index in [1.165, 1.54) is 0 Å². The zero-order valence-electron chi connectivity index (χ0n) is 10.5. The maximum absolute atomic E-state index is 5.00. The Morgan fingerprint density at radius 2 is 2.31 bits per heavy atom. The monoisotopic (exact) mass is 243 g/mol. The number of hydrogen-bond donors (Lipinski definition) is 1. The molecule has 0 aliphatic rings. The second-order valence-electron chi connectivity index (χ2n) is 4.26. The van der Waals surface area contributed by atoms with E-state index in [9.17, 15) is 0 Å². The maximum atomic E-state index is 5.00. The third-order valence-corrected chi connectivity index (χ3v) is 3.64. The predicted octanol–water partition coefficient (Wildman–Crippen LogP) is 2.08. The van der Waals surface area contributed by atoms with Gasteiger partial charge in [-0.05, 0) is 20.1 Å². The Morgan fingerprint density at radius 3 is 2.94 bits per heavy atom. The second kappa shape index (κ2) is 6.15. The average Bonchev–Trinajstić information content (AvgIpc) is 2.66. The molecule has 4 nitrogen and oxygen atoms in total. The van der Waals surface area contributed by atoms with E-state index in [1.54, 1.807) is 7.11 Å². The minimum absolute atomic E-state index is 0.221. The van der Waals surface area contributed by atoms with Gasteiger partial charge in [-0.1, -0.05) is 0 Å². The lowest BCUT2D eigenvalue weighted by atomic mass is 10.2. The first-order chi connectivity index (χ1) is 7.59. The highest BCUT2D eigenvalue weighted by molar-refractivity contribution is 7.99. The molecular weight excluding hydrogens is 222 g/mol. The quantitative estimate of drug-likeness (QED) is 0.744. The number of imidazole rings is 1. The lowest BCUT2D eigenvalue weighted by Crippen LogP contribution is -2.23. The molecule has 1 N–H and O–H groups in total. The van der Waals surface area contributed by atoms with Gasteiger partial charge in [-0.2, -0.15) is 11.8 Å². The Bertz CT molecular complexity index is 312. The van der Waals surface area contributed by atoms with Crippen molar-refractivity contribution < 1.29 is 4.74 Å². The summed E-state index contributed by atoms with van der Waals surface area (Å²) in [5.74, 6) is 0.916. The van der Waals surface area contributed by atoms with Crippen LogP contribution >= 0.6 is 11.8 Å². The standard InChI is InChI=1S/C11H21N3OS/c1-11(2,16-4)9-14-7-5-12-10(14)13-6-8-15-3/h5,7H,6,8-9H2,1-4H3,(H,12,13). The Balaban J connectivity index is 2.56. The summed E-state index contributed by atoms with van der Waals surface area (Å²) in [6.45, 7) is 6.89. The van der Waals surface area contributed by atoms with Crippen molar-refractivity contribution in [2.75, 3.05) is 31.8 Å². The molecule has 5 heteroatoms. The van der Waals surface area contributed by atoms with Gasteiger partial charge in [-0.3, -0.25) is 0 Å². The minimum atomic E-state index is 0.221. The van der Waals surface area contributed by atoms with Crippen molar-refractivity contribution in [1.82, 2.24) is 9.55 Å². The highest BCUT2D eigenvalue weighted by Crippen LogP contribution is 2.24. The molecule has 0 saturated carbocycles. The molecule has 0 unspecified atom stereocenters. The van der Waals surface area contributed by atoms with Crippen LogP contribution in [0.25, 0.3) is 0 Å². The molecule has 1 rings (SSSR count). The number of anilines is 1. The van der Waals surface area contributed by atoms with Gasteiger partial charge in [-0.25, -0.2) is 4.98 Å². The van der Waals surface area contributed by atoms with Crippen LogP contribution in [0, 0.1) is 0 Å². The van der Waals surface area contributed by atoms with Gasteiger partial charge >= 0.3 is 0 Å². The first kappa shape index (κ1) is 13.4. The molecule has 0 aliphatic carbocycles. The number of rotatable bonds is 7. The van der Waals surface area contributed by atoms with Gasteiger partial charge in [0.25, 0.3) is 0 Å². The van der Waals surface area contributed by atoms with Crippen LogP contribution in [0.5, 0.6) is 0 Å². The van der Waals surface area contributed by atoms with Crippen molar-refractivity contribution >= 4 is 17.7 Å². The van der Waals surface area contributed by atoms with E-state index in [2.05, 4.69) is 35.0 Å². The number of hydrogen-bond acceptors (Lipinski definition) is 4. The summed E-state index contributed by atoms with van der Waals surface area (Å²) in [5, 5.41) is 3.26. The molecule has 1 heterocycles. The Hall–Kier alpha value is -0.680. The fraction of sp³-hybridized carbons (Fsp3) is 0.727. The summed E-state index contributed by atoms with van der Waals surface area (Å²) < 4.78 is 7.36. The molecule has 0 amide bonds. The van der Waals surface area contributed by atoms with Crippen molar-refractivity contribution in [3.05, 3.63) is 12.4 Å². The molecule has 0 atom stereocenters. The fourth-order valence-electron chi connectivity index (χ4n) is 1.34. The van der Waals surface area contributed by atoms with Gasteiger partial charge < -0.3 is 14.6 Å². The van der Waals surface area contributed by atoms with E-state index in [0.717, 1.165) is 19.0 Å². The summed E-state index contributed by atoms with van der Waals surface area (Å²) in [7, 11) is 1.70. The van der Waals surface area contributed by atoms with Crippen molar-refractivity contribution in [3.63, 3.8) is 0 Å². The lowest BCUT2D eigenvalue weighted by molar-refractivity contribution is 0.210. The van der Waals surface area contributed by atoms with Crippen molar-refractivity contribution in [2.24, 2.45) is 0 Å². The van der Waals surface area contributed by atoms with E-state index < -0.39 is 0 Å². The molecule has 1 aromatic rings. The normalized spacial score (nSPS) is 11.8. The molecule has 1 aromatic heterocycles. The van der Waals surface area contributed by atoms with Crippen LogP contribution in [0.15, 0.2) is 12.4 Å². The molecule has 16 heavy (non-hydrogen) atoms. The van der Waals surface area contributed by atoms with Gasteiger partial charge in [0.1, 0.15) is 0 Å². The first-order valence-corrected chi connectivity index (χ1v) is 6.60. The molecule has 0 fully saturated rings. The summed E-state index contributed by atoms with van der Waals surface area (Å²) in [5.41, 5.74) is 0. The van der Waals surface area contributed by atoms with Crippen LogP contribution in [0.2, 0.25) is 0 Å². The van der Waals surface area contributed by atoms with Gasteiger partial charge in [0.05, 0.1) is 6.61 Å². The van der Waals surface area contributed by atoms with Gasteiger partial charge in [0, 0.05) is 37.3 Å². The van der Waals surface area contributed by atoms with Crippen molar-refractivity contribution in [3.8, 4) is 0 Å². The van der Waals surface area contributed by atoms with Crippen LogP contribution < -0.4 is 5.32 Å². The van der Waals surface area contributed by atoms with E-state index in [1.807, 2.05) is 24.2 Å². The largest absolute Gasteiger partial charge is 0.383 e.